The minimum absolute atomic E-state index is 0.702. The molecule has 1 N–H and O–H groups in total. The smallest absolute Gasteiger partial charge is 0.0248 e. The van der Waals surface area contributed by atoms with E-state index in [4.69, 9.17) is 0 Å². The van der Waals surface area contributed by atoms with E-state index in [0.717, 1.165) is 26.2 Å². The summed E-state index contributed by atoms with van der Waals surface area (Å²) >= 11 is 3.67. The third-order valence-electron chi connectivity index (χ3n) is 3.54. The molecule has 0 radical (unpaired) electrons. The van der Waals surface area contributed by atoms with E-state index in [0.29, 0.717) is 6.04 Å². The van der Waals surface area contributed by atoms with Crippen molar-refractivity contribution >= 4 is 15.9 Å². The Morgan fingerprint density at radius 3 is 2.88 bits per heavy atom. The van der Waals surface area contributed by atoms with E-state index in [1.54, 1.807) is 0 Å². The van der Waals surface area contributed by atoms with E-state index >= 15 is 0 Å². The van der Waals surface area contributed by atoms with Crippen LogP contribution in [0.3, 0.4) is 0 Å². The van der Waals surface area contributed by atoms with Gasteiger partial charge in [-0.2, -0.15) is 0 Å². The van der Waals surface area contributed by atoms with Crippen molar-refractivity contribution in [1.29, 1.82) is 0 Å². The molecule has 1 aliphatic rings. The number of benzene rings is 1. The van der Waals surface area contributed by atoms with Crippen LogP contribution < -0.4 is 5.32 Å². The molecule has 0 spiro atoms. The minimum atomic E-state index is 0.702. The minimum Gasteiger partial charge on any atom is -0.315 e. The zero-order chi connectivity index (χ0) is 12.3. The van der Waals surface area contributed by atoms with Crippen molar-refractivity contribution in [3.05, 3.63) is 33.8 Å². The highest BCUT2D eigenvalue weighted by Crippen LogP contribution is 2.21. The number of hydrogen-bond donors (Lipinski definition) is 1. The summed E-state index contributed by atoms with van der Waals surface area (Å²) in [6, 6.07) is 7.34. The Bertz CT molecular complexity index is 372. The standard InChI is InChI=1S/C14H21BrN2/c1-3-17(13-6-7-16-9-13)10-12-5-4-11(2)8-14(12)15/h4-5,8,13,16H,3,6-7,9-10H2,1-2H3. The molecule has 1 aromatic carbocycles. The molecule has 0 aromatic heterocycles. The second kappa shape index (κ2) is 5.98. The van der Waals surface area contributed by atoms with Gasteiger partial charge in [0.25, 0.3) is 0 Å². The van der Waals surface area contributed by atoms with Gasteiger partial charge < -0.3 is 5.32 Å². The Morgan fingerprint density at radius 1 is 1.47 bits per heavy atom. The Morgan fingerprint density at radius 2 is 2.29 bits per heavy atom. The molecule has 1 atom stereocenters. The first kappa shape index (κ1) is 13.1. The molecule has 1 aromatic rings. The summed E-state index contributed by atoms with van der Waals surface area (Å²) in [6.45, 7) is 8.84. The van der Waals surface area contributed by atoms with Crippen molar-refractivity contribution in [3.63, 3.8) is 0 Å². The highest BCUT2D eigenvalue weighted by atomic mass is 79.9. The van der Waals surface area contributed by atoms with Crippen LogP contribution in [0.2, 0.25) is 0 Å². The van der Waals surface area contributed by atoms with E-state index in [2.05, 4.69) is 58.2 Å². The lowest BCUT2D eigenvalue weighted by Gasteiger charge is -2.27. The van der Waals surface area contributed by atoms with Crippen LogP contribution in [0.1, 0.15) is 24.5 Å². The predicted molar refractivity (Wildman–Crippen MR) is 76.2 cm³/mol. The van der Waals surface area contributed by atoms with Gasteiger partial charge in [0.1, 0.15) is 0 Å². The second-order valence-corrected chi connectivity index (χ2v) is 5.66. The molecule has 2 nitrogen and oxygen atoms in total. The normalized spacial score (nSPS) is 20.1. The lowest BCUT2D eigenvalue weighted by Crippen LogP contribution is -2.36. The summed E-state index contributed by atoms with van der Waals surface area (Å²) in [4.78, 5) is 2.56. The summed E-state index contributed by atoms with van der Waals surface area (Å²) in [5, 5.41) is 3.44. The topological polar surface area (TPSA) is 15.3 Å². The van der Waals surface area contributed by atoms with Gasteiger partial charge >= 0.3 is 0 Å². The van der Waals surface area contributed by atoms with Gasteiger partial charge in [0.05, 0.1) is 0 Å². The van der Waals surface area contributed by atoms with Crippen LogP contribution >= 0.6 is 15.9 Å². The third kappa shape index (κ3) is 3.30. The number of halogens is 1. The van der Waals surface area contributed by atoms with E-state index in [9.17, 15) is 0 Å². The molecule has 1 heterocycles. The Labute approximate surface area is 113 Å². The van der Waals surface area contributed by atoms with E-state index < -0.39 is 0 Å². The fraction of sp³-hybridized carbons (Fsp3) is 0.571. The predicted octanol–water partition coefficient (Wildman–Crippen LogP) is 2.94. The molecule has 0 saturated carbocycles. The van der Waals surface area contributed by atoms with Crippen molar-refractivity contribution in [3.8, 4) is 0 Å². The zero-order valence-corrected chi connectivity index (χ0v) is 12.3. The molecule has 1 fully saturated rings. The number of rotatable bonds is 4. The number of hydrogen-bond acceptors (Lipinski definition) is 2. The Kier molecular flexibility index (Phi) is 4.60. The number of likely N-dealkylation sites (N-methyl/N-ethyl adjacent to an activating group) is 1. The van der Waals surface area contributed by atoms with Crippen molar-refractivity contribution in [2.45, 2.75) is 32.9 Å². The largest absolute Gasteiger partial charge is 0.315 e. The third-order valence-corrected chi connectivity index (χ3v) is 4.28. The number of nitrogens with zero attached hydrogens (tertiary/aromatic N) is 1. The van der Waals surface area contributed by atoms with Gasteiger partial charge in [0.2, 0.25) is 0 Å². The van der Waals surface area contributed by atoms with Crippen LogP contribution in [0, 0.1) is 6.92 Å². The van der Waals surface area contributed by atoms with Crippen LogP contribution in [0.25, 0.3) is 0 Å². The maximum absolute atomic E-state index is 3.67. The maximum Gasteiger partial charge on any atom is 0.0248 e. The summed E-state index contributed by atoms with van der Waals surface area (Å²) in [5.41, 5.74) is 2.70. The molecular weight excluding hydrogens is 276 g/mol. The van der Waals surface area contributed by atoms with Crippen molar-refractivity contribution in [2.75, 3.05) is 19.6 Å². The van der Waals surface area contributed by atoms with Gasteiger partial charge in [-0.15, -0.1) is 0 Å². The quantitative estimate of drug-likeness (QED) is 0.919. The second-order valence-electron chi connectivity index (χ2n) is 4.80. The first-order valence-corrected chi connectivity index (χ1v) is 7.19. The van der Waals surface area contributed by atoms with E-state index in [1.807, 2.05) is 0 Å². The zero-order valence-electron chi connectivity index (χ0n) is 10.7. The average molecular weight is 297 g/mol. The number of aryl methyl sites for hydroxylation is 1. The van der Waals surface area contributed by atoms with E-state index in [1.165, 1.54) is 22.0 Å². The van der Waals surface area contributed by atoms with Crippen LogP contribution in [-0.2, 0) is 6.54 Å². The summed E-state index contributed by atoms with van der Waals surface area (Å²) < 4.78 is 1.24. The maximum atomic E-state index is 3.67. The summed E-state index contributed by atoms with van der Waals surface area (Å²) in [5.74, 6) is 0. The molecular formula is C14H21BrN2. The Balaban J connectivity index is 2.06. The van der Waals surface area contributed by atoms with E-state index in [-0.39, 0.29) is 0 Å². The SMILES string of the molecule is CCN(Cc1ccc(C)cc1Br)C1CCNC1. The highest BCUT2D eigenvalue weighted by molar-refractivity contribution is 9.10. The molecule has 2 rings (SSSR count). The van der Waals surface area contributed by atoms with Gasteiger partial charge in [0.15, 0.2) is 0 Å². The lowest BCUT2D eigenvalue weighted by molar-refractivity contribution is 0.210. The van der Waals surface area contributed by atoms with Gasteiger partial charge in [-0.1, -0.05) is 35.0 Å². The molecule has 94 valence electrons. The molecule has 1 unspecified atom stereocenters. The lowest BCUT2D eigenvalue weighted by atomic mass is 10.1. The van der Waals surface area contributed by atoms with Crippen LogP contribution in [0.15, 0.2) is 22.7 Å². The van der Waals surface area contributed by atoms with Crippen LogP contribution in [-0.4, -0.2) is 30.6 Å². The molecule has 1 aliphatic heterocycles. The van der Waals surface area contributed by atoms with Gasteiger partial charge in [-0.3, -0.25) is 4.90 Å². The van der Waals surface area contributed by atoms with Gasteiger partial charge in [-0.25, -0.2) is 0 Å². The van der Waals surface area contributed by atoms with Crippen molar-refractivity contribution in [1.82, 2.24) is 10.2 Å². The first-order valence-electron chi connectivity index (χ1n) is 6.40. The molecule has 0 amide bonds. The molecule has 0 aliphatic carbocycles. The Hall–Kier alpha value is -0.380. The molecule has 17 heavy (non-hydrogen) atoms. The molecule has 1 saturated heterocycles. The molecule has 3 heteroatoms. The van der Waals surface area contributed by atoms with Gasteiger partial charge in [0, 0.05) is 23.6 Å². The highest BCUT2D eigenvalue weighted by Gasteiger charge is 2.21. The monoisotopic (exact) mass is 296 g/mol. The molecule has 0 bridgehead atoms. The number of nitrogens with one attached hydrogen (secondary N) is 1. The van der Waals surface area contributed by atoms with Crippen LogP contribution in [0.5, 0.6) is 0 Å². The summed E-state index contributed by atoms with van der Waals surface area (Å²) in [7, 11) is 0. The average Bonchev–Trinajstić information content (AvgIpc) is 2.81. The fourth-order valence-electron chi connectivity index (χ4n) is 2.45. The van der Waals surface area contributed by atoms with Crippen molar-refractivity contribution in [2.24, 2.45) is 0 Å². The van der Waals surface area contributed by atoms with Gasteiger partial charge in [-0.05, 0) is 43.6 Å². The van der Waals surface area contributed by atoms with Crippen LogP contribution in [0.4, 0.5) is 0 Å². The fourth-order valence-corrected chi connectivity index (χ4v) is 3.07. The van der Waals surface area contributed by atoms with Crippen molar-refractivity contribution < 1.29 is 0 Å². The summed E-state index contributed by atoms with van der Waals surface area (Å²) in [6.07, 6.45) is 1.28. The first-order chi connectivity index (χ1) is 8.20.